The number of carbonyl (C=O) groups is 2. The number of imide groups is 1. The van der Waals surface area contributed by atoms with Gasteiger partial charge in [0.2, 0.25) is 0 Å². The highest BCUT2D eigenvalue weighted by atomic mass is 16.2. The van der Waals surface area contributed by atoms with Gasteiger partial charge in [0.25, 0.3) is 5.91 Å². The molecule has 2 aliphatic heterocycles. The van der Waals surface area contributed by atoms with Gasteiger partial charge in [-0.1, -0.05) is 12.5 Å². The number of carbonyl (C=O) groups excluding carboxylic acids is 2. The highest BCUT2D eigenvalue weighted by Gasteiger charge is 2.48. The zero-order valence-electron chi connectivity index (χ0n) is 12.8. The summed E-state index contributed by atoms with van der Waals surface area (Å²) < 4.78 is 0. The van der Waals surface area contributed by atoms with E-state index in [4.69, 9.17) is 0 Å². The number of hydrogen-bond donors (Lipinski definition) is 2. The number of pyridine rings is 1. The number of aromatic nitrogens is 1. The van der Waals surface area contributed by atoms with Crippen molar-refractivity contribution in [1.82, 2.24) is 20.5 Å². The van der Waals surface area contributed by atoms with Crippen molar-refractivity contribution in [2.24, 2.45) is 0 Å². The predicted molar refractivity (Wildman–Crippen MR) is 82.1 cm³/mol. The lowest BCUT2D eigenvalue weighted by Gasteiger charge is -2.25. The first-order chi connectivity index (χ1) is 10.6. The maximum Gasteiger partial charge on any atom is 0.325 e. The molecule has 2 saturated heterocycles. The van der Waals surface area contributed by atoms with E-state index in [1.165, 1.54) is 17.7 Å². The van der Waals surface area contributed by atoms with Crippen LogP contribution in [0.5, 0.6) is 0 Å². The van der Waals surface area contributed by atoms with Crippen molar-refractivity contribution in [3.8, 4) is 0 Å². The van der Waals surface area contributed by atoms with Crippen LogP contribution in [0.3, 0.4) is 0 Å². The van der Waals surface area contributed by atoms with Gasteiger partial charge in [0.1, 0.15) is 5.54 Å². The molecule has 0 spiro atoms. The molecule has 0 saturated carbocycles. The van der Waals surface area contributed by atoms with E-state index in [2.05, 4.69) is 15.6 Å². The fourth-order valence-corrected chi connectivity index (χ4v) is 3.21. The summed E-state index contributed by atoms with van der Waals surface area (Å²) in [6.45, 7) is 3.22. The molecule has 0 aromatic carbocycles. The Morgan fingerprint density at radius 1 is 1.41 bits per heavy atom. The smallest absolute Gasteiger partial charge is 0.319 e. The average molecular weight is 302 g/mol. The van der Waals surface area contributed by atoms with Crippen molar-refractivity contribution < 1.29 is 9.59 Å². The molecule has 0 radical (unpaired) electrons. The molecule has 0 bridgehead atoms. The Hall–Kier alpha value is -1.95. The Bertz CT molecular complexity index is 557. The van der Waals surface area contributed by atoms with Crippen LogP contribution >= 0.6 is 0 Å². The van der Waals surface area contributed by atoms with Crippen molar-refractivity contribution in [2.75, 3.05) is 13.1 Å². The van der Waals surface area contributed by atoms with Crippen LogP contribution < -0.4 is 10.6 Å². The third-order valence-corrected chi connectivity index (χ3v) is 4.63. The number of piperidine rings is 1. The molecule has 3 amide bonds. The molecule has 118 valence electrons. The fourth-order valence-electron chi connectivity index (χ4n) is 3.21. The van der Waals surface area contributed by atoms with Gasteiger partial charge in [-0.15, -0.1) is 0 Å². The number of rotatable bonds is 4. The Kier molecular flexibility index (Phi) is 4.11. The zero-order valence-corrected chi connectivity index (χ0v) is 12.8. The molecule has 6 nitrogen and oxygen atoms in total. The topological polar surface area (TPSA) is 74.3 Å². The van der Waals surface area contributed by atoms with Gasteiger partial charge in [-0.05, 0) is 38.8 Å². The molecule has 2 atom stereocenters. The molecular formula is C16H22N4O2. The second-order valence-electron chi connectivity index (χ2n) is 6.19. The van der Waals surface area contributed by atoms with Gasteiger partial charge in [0.05, 0.1) is 0 Å². The maximum absolute atomic E-state index is 12.7. The first kappa shape index (κ1) is 15.0. The van der Waals surface area contributed by atoms with E-state index in [-0.39, 0.29) is 11.9 Å². The number of nitrogens with zero attached hydrogens (tertiary/aromatic N) is 2. The quantitative estimate of drug-likeness (QED) is 0.824. The monoisotopic (exact) mass is 302 g/mol. The molecule has 2 unspecified atom stereocenters. The van der Waals surface area contributed by atoms with E-state index in [9.17, 15) is 9.59 Å². The summed E-state index contributed by atoms with van der Waals surface area (Å²) in [7, 11) is 0. The average Bonchev–Trinajstić information content (AvgIpc) is 2.78. The van der Waals surface area contributed by atoms with Crippen LogP contribution in [0.15, 0.2) is 24.5 Å². The van der Waals surface area contributed by atoms with E-state index < -0.39 is 5.54 Å². The molecular weight excluding hydrogens is 280 g/mol. The third kappa shape index (κ3) is 2.70. The second-order valence-corrected chi connectivity index (χ2v) is 6.19. The number of amides is 3. The first-order valence-electron chi connectivity index (χ1n) is 7.89. The molecule has 2 fully saturated rings. The molecule has 0 aliphatic carbocycles. The summed E-state index contributed by atoms with van der Waals surface area (Å²) in [6, 6.07) is 3.68. The molecule has 1 aromatic heterocycles. The molecule has 22 heavy (non-hydrogen) atoms. The van der Waals surface area contributed by atoms with E-state index in [1.807, 2.05) is 6.07 Å². The van der Waals surface area contributed by atoms with Crippen LogP contribution in [-0.4, -0.2) is 41.0 Å². The van der Waals surface area contributed by atoms with Gasteiger partial charge in [0.15, 0.2) is 0 Å². The normalized spacial score (nSPS) is 28.8. The highest BCUT2D eigenvalue weighted by Crippen LogP contribution is 2.28. The van der Waals surface area contributed by atoms with E-state index in [0.29, 0.717) is 18.2 Å². The van der Waals surface area contributed by atoms with E-state index >= 15 is 0 Å². The SMILES string of the molecule is CC1(c2cccnc2)NC(=O)N(CCC2CCCCN2)C1=O. The summed E-state index contributed by atoms with van der Waals surface area (Å²) in [5.74, 6) is -0.193. The van der Waals surface area contributed by atoms with Crippen molar-refractivity contribution in [3.05, 3.63) is 30.1 Å². The number of hydrogen-bond acceptors (Lipinski definition) is 4. The molecule has 2 aliphatic rings. The lowest BCUT2D eigenvalue weighted by molar-refractivity contribution is -0.131. The molecule has 2 N–H and O–H groups in total. The maximum atomic E-state index is 12.7. The van der Waals surface area contributed by atoms with Gasteiger partial charge >= 0.3 is 6.03 Å². The molecule has 6 heteroatoms. The fraction of sp³-hybridized carbons (Fsp3) is 0.562. The van der Waals surface area contributed by atoms with Crippen LogP contribution in [0.1, 0.15) is 38.2 Å². The largest absolute Gasteiger partial charge is 0.325 e. The van der Waals surface area contributed by atoms with Crippen molar-refractivity contribution >= 4 is 11.9 Å². The van der Waals surface area contributed by atoms with Crippen LogP contribution in [0.25, 0.3) is 0 Å². The predicted octanol–water partition coefficient (Wildman–Crippen LogP) is 1.38. The summed E-state index contributed by atoms with van der Waals surface area (Å²) in [4.78, 5) is 30.3. The van der Waals surface area contributed by atoms with Crippen molar-refractivity contribution in [1.29, 1.82) is 0 Å². The zero-order chi connectivity index (χ0) is 15.6. The van der Waals surface area contributed by atoms with Crippen LogP contribution in [0.4, 0.5) is 4.79 Å². The van der Waals surface area contributed by atoms with Crippen molar-refractivity contribution in [2.45, 2.75) is 44.2 Å². The summed E-state index contributed by atoms with van der Waals surface area (Å²) in [5, 5.41) is 6.26. The van der Waals surface area contributed by atoms with Gasteiger partial charge in [0, 0.05) is 30.5 Å². The van der Waals surface area contributed by atoms with Crippen LogP contribution in [0, 0.1) is 0 Å². The Labute approximate surface area is 130 Å². The minimum absolute atomic E-state index is 0.193. The first-order valence-corrected chi connectivity index (χ1v) is 7.89. The lowest BCUT2D eigenvalue weighted by atomic mass is 9.93. The summed E-state index contributed by atoms with van der Waals surface area (Å²) >= 11 is 0. The number of urea groups is 1. The van der Waals surface area contributed by atoms with E-state index in [0.717, 1.165) is 19.4 Å². The van der Waals surface area contributed by atoms with Gasteiger partial charge < -0.3 is 10.6 Å². The molecule has 3 heterocycles. The van der Waals surface area contributed by atoms with Gasteiger partial charge in [-0.3, -0.25) is 14.7 Å². The third-order valence-electron chi connectivity index (χ3n) is 4.63. The van der Waals surface area contributed by atoms with Gasteiger partial charge in [-0.2, -0.15) is 0 Å². The minimum Gasteiger partial charge on any atom is -0.319 e. The Morgan fingerprint density at radius 2 is 2.27 bits per heavy atom. The lowest BCUT2D eigenvalue weighted by Crippen LogP contribution is -2.42. The molecule has 1 aromatic rings. The summed E-state index contributed by atoms with van der Waals surface area (Å²) in [5.41, 5.74) is -0.294. The minimum atomic E-state index is -1.01. The van der Waals surface area contributed by atoms with Crippen molar-refractivity contribution in [3.63, 3.8) is 0 Å². The highest BCUT2D eigenvalue weighted by molar-refractivity contribution is 6.07. The number of nitrogens with one attached hydrogen (secondary N) is 2. The standard InChI is InChI=1S/C16H22N4O2/c1-16(12-5-4-8-17-11-12)14(21)20(15(22)19-16)10-7-13-6-2-3-9-18-13/h4-5,8,11,13,18H,2-3,6-7,9-10H2,1H3,(H,19,22). The summed E-state index contributed by atoms with van der Waals surface area (Å²) in [6.07, 6.45) is 7.63. The van der Waals surface area contributed by atoms with Crippen LogP contribution in [-0.2, 0) is 10.3 Å². The Morgan fingerprint density at radius 3 is 2.95 bits per heavy atom. The van der Waals surface area contributed by atoms with E-state index in [1.54, 1.807) is 25.4 Å². The molecule has 3 rings (SSSR count). The Balaban J connectivity index is 1.69. The van der Waals surface area contributed by atoms with Gasteiger partial charge in [-0.25, -0.2) is 4.79 Å². The second kappa shape index (κ2) is 6.04. The van der Waals surface area contributed by atoms with Crippen LogP contribution in [0.2, 0.25) is 0 Å².